The lowest BCUT2D eigenvalue weighted by Crippen LogP contribution is -2.27. The zero-order valence-corrected chi connectivity index (χ0v) is 22.3. The molecule has 0 aliphatic rings. The molecule has 2 aromatic rings. The third-order valence-corrected chi connectivity index (χ3v) is 6.95. The van der Waals surface area contributed by atoms with Crippen LogP contribution in [0.3, 0.4) is 0 Å². The molecular formula is C31H46N2O3. The van der Waals surface area contributed by atoms with Gasteiger partial charge in [0, 0.05) is 31.6 Å². The van der Waals surface area contributed by atoms with Crippen molar-refractivity contribution >= 4 is 11.6 Å². The summed E-state index contributed by atoms with van der Waals surface area (Å²) in [6.45, 7) is 3.02. The fourth-order valence-electron chi connectivity index (χ4n) is 4.55. The lowest BCUT2D eigenvalue weighted by atomic mass is 9.85. The van der Waals surface area contributed by atoms with Crippen molar-refractivity contribution in [2.75, 3.05) is 13.6 Å². The summed E-state index contributed by atoms with van der Waals surface area (Å²) in [5.41, 5.74) is 2.85. The molecule has 0 saturated heterocycles. The number of hydrogen-bond donors (Lipinski definition) is 3. The van der Waals surface area contributed by atoms with E-state index in [0.717, 1.165) is 68.3 Å². The topological polar surface area (TPSA) is 84.6 Å². The predicted molar refractivity (Wildman–Crippen MR) is 149 cm³/mol. The maximum atomic E-state index is 12.1. The molecule has 0 fully saturated rings. The molecule has 1 atom stereocenters. The van der Waals surface area contributed by atoms with Gasteiger partial charge in [-0.05, 0) is 67.5 Å². The van der Waals surface area contributed by atoms with Crippen LogP contribution >= 0.6 is 0 Å². The number of aromatic hydroxyl groups is 2. The van der Waals surface area contributed by atoms with E-state index in [9.17, 15) is 15.0 Å². The molecule has 0 spiro atoms. The van der Waals surface area contributed by atoms with Gasteiger partial charge >= 0.3 is 0 Å². The number of nitrogens with zero attached hydrogens (tertiary/aromatic N) is 1. The number of benzene rings is 2. The maximum Gasteiger partial charge on any atom is 0.222 e. The molecule has 1 amide bonds. The van der Waals surface area contributed by atoms with E-state index in [2.05, 4.69) is 6.92 Å². The van der Waals surface area contributed by atoms with Crippen LogP contribution in [-0.2, 0) is 11.2 Å². The molecule has 0 aliphatic heterocycles. The number of rotatable bonds is 18. The van der Waals surface area contributed by atoms with E-state index >= 15 is 0 Å². The molecule has 0 heterocycles. The first kappa shape index (κ1) is 29.4. The average molecular weight is 495 g/mol. The third kappa shape index (κ3) is 11.3. The quantitative estimate of drug-likeness (QED) is 0.147. The van der Waals surface area contributed by atoms with Crippen LogP contribution in [0.1, 0.15) is 101 Å². The van der Waals surface area contributed by atoms with Crippen molar-refractivity contribution in [2.24, 2.45) is 0 Å². The summed E-state index contributed by atoms with van der Waals surface area (Å²) in [4.78, 5) is 13.9. The summed E-state index contributed by atoms with van der Waals surface area (Å²) in [6, 6.07) is 14.4. The van der Waals surface area contributed by atoms with E-state index in [1.54, 1.807) is 24.3 Å². The van der Waals surface area contributed by atoms with Gasteiger partial charge in [0.1, 0.15) is 11.5 Å². The smallest absolute Gasteiger partial charge is 0.222 e. The minimum atomic E-state index is -0.0288. The van der Waals surface area contributed by atoms with Crippen molar-refractivity contribution in [1.29, 1.82) is 5.41 Å². The largest absolute Gasteiger partial charge is 0.508 e. The van der Waals surface area contributed by atoms with Gasteiger partial charge in [0.2, 0.25) is 5.91 Å². The van der Waals surface area contributed by atoms with Gasteiger partial charge in [0.25, 0.3) is 0 Å². The lowest BCUT2D eigenvalue weighted by molar-refractivity contribution is -0.130. The molecule has 2 rings (SSSR count). The van der Waals surface area contributed by atoms with Gasteiger partial charge in [0.05, 0.1) is 0 Å². The molecule has 5 nitrogen and oxygen atoms in total. The Morgan fingerprint density at radius 3 is 1.83 bits per heavy atom. The van der Waals surface area contributed by atoms with Gasteiger partial charge < -0.3 is 20.5 Å². The van der Waals surface area contributed by atoms with E-state index < -0.39 is 0 Å². The number of nitrogens with one attached hydrogen (secondary N) is 1. The third-order valence-electron chi connectivity index (χ3n) is 6.95. The molecule has 0 aliphatic carbocycles. The molecule has 1 unspecified atom stereocenters. The Kier molecular flexibility index (Phi) is 13.7. The molecule has 5 heteroatoms. The van der Waals surface area contributed by atoms with Gasteiger partial charge in [-0.15, -0.1) is 0 Å². The second-order valence-corrected chi connectivity index (χ2v) is 10.0. The predicted octanol–water partition coefficient (Wildman–Crippen LogP) is 7.60. The first-order chi connectivity index (χ1) is 17.4. The first-order valence-corrected chi connectivity index (χ1v) is 13.8. The van der Waals surface area contributed by atoms with Crippen LogP contribution in [0, 0.1) is 5.41 Å². The maximum absolute atomic E-state index is 12.1. The second-order valence-electron chi connectivity index (χ2n) is 10.0. The molecule has 3 N–H and O–H groups in total. The van der Waals surface area contributed by atoms with Gasteiger partial charge in [-0.25, -0.2) is 0 Å². The minimum Gasteiger partial charge on any atom is -0.508 e. The van der Waals surface area contributed by atoms with Gasteiger partial charge in [-0.1, -0.05) is 76.1 Å². The highest BCUT2D eigenvalue weighted by Gasteiger charge is 2.18. The number of carbonyl (C=O) groups excluding carboxylic acids is 1. The number of phenols is 2. The van der Waals surface area contributed by atoms with E-state index in [1.165, 1.54) is 25.7 Å². The monoisotopic (exact) mass is 494 g/mol. The van der Waals surface area contributed by atoms with Crippen LogP contribution in [0.5, 0.6) is 11.5 Å². The summed E-state index contributed by atoms with van der Waals surface area (Å²) in [5, 5.41) is 28.0. The fraction of sp³-hybridized carbons (Fsp3) is 0.548. The highest BCUT2D eigenvalue weighted by atomic mass is 16.3. The number of hydrogen-bond acceptors (Lipinski definition) is 4. The van der Waals surface area contributed by atoms with Crippen LogP contribution in [0.2, 0.25) is 0 Å². The zero-order chi connectivity index (χ0) is 26.2. The van der Waals surface area contributed by atoms with Crippen molar-refractivity contribution in [2.45, 2.75) is 96.3 Å². The van der Waals surface area contributed by atoms with E-state index in [1.807, 2.05) is 36.2 Å². The molecule has 198 valence electrons. The minimum absolute atomic E-state index is 0.0288. The van der Waals surface area contributed by atoms with Crippen LogP contribution in [0.25, 0.3) is 0 Å². The average Bonchev–Trinajstić information content (AvgIpc) is 2.88. The van der Waals surface area contributed by atoms with E-state index in [0.29, 0.717) is 12.8 Å². The summed E-state index contributed by atoms with van der Waals surface area (Å²) >= 11 is 0. The Hall–Kier alpha value is -2.82. The molecule has 0 bridgehead atoms. The van der Waals surface area contributed by atoms with Crippen LogP contribution in [0.15, 0.2) is 48.5 Å². The van der Waals surface area contributed by atoms with Crippen molar-refractivity contribution in [3.8, 4) is 11.5 Å². The fourth-order valence-corrected chi connectivity index (χ4v) is 4.55. The molecule has 0 saturated carbocycles. The number of unbranched alkanes of at least 4 members (excludes halogenated alkanes) is 8. The Balaban J connectivity index is 1.65. The SMILES string of the molecule is CCCCN(C)C(=O)CCCCCCCCCCC(=N)C(Cc1ccc(O)cc1)c1ccc(O)cc1. The van der Waals surface area contributed by atoms with Crippen molar-refractivity contribution in [3.05, 3.63) is 59.7 Å². The highest BCUT2D eigenvalue weighted by Crippen LogP contribution is 2.27. The number of phenolic OH excluding ortho intramolecular Hbond substituents is 2. The highest BCUT2D eigenvalue weighted by molar-refractivity contribution is 5.88. The van der Waals surface area contributed by atoms with Gasteiger partial charge in [-0.3, -0.25) is 4.79 Å². The Morgan fingerprint density at radius 2 is 1.28 bits per heavy atom. The molecular weight excluding hydrogens is 448 g/mol. The molecule has 0 radical (unpaired) electrons. The summed E-state index contributed by atoms with van der Waals surface area (Å²) in [6.07, 6.45) is 13.4. The van der Waals surface area contributed by atoms with Gasteiger partial charge in [-0.2, -0.15) is 0 Å². The zero-order valence-electron chi connectivity index (χ0n) is 22.3. The molecule has 0 aromatic heterocycles. The molecule has 2 aromatic carbocycles. The number of carbonyl (C=O) groups is 1. The summed E-state index contributed by atoms with van der Waals surface area (Å²) in [5.74, 6) is 0.735. The first-order valence-electron chi connectivity index (χ1n) is 13.8. The van der Waals surface area contributed by atoms with Crippen molar-refractivity contribution in [1.82, 2.24) is 4.90 Å². The Bertz CT molecular complexity index is 893. The van der Waals surface area contributed by atoms with Crippen molar-refractivity contribution in [3.63, 3.8) is 0 Å². The summed E-state index contributed by atoms with van der Waals surface area (Å²) < 4.78 is 0. The molecule has 36 heavy (non-hydrogen) atoms. The van der Waals surface area contributed by atoms with Crippen LogP contribution < -0.4 is 0 Å². The second kappa shape index (κ2) is 16.8. The number of amides is 1. The Morgan fingerprint density at radius 1 is 0.778 bits per heavy atom. The normalized spacial score (nSPS) is 11.8. The summed E-state index contributed by atoms with van der Waals surface area (Å²) in [7, 11) is 1.91. The van der Waals surface area contributed by atoms with E-state index in [4.69, 9.17) is 5.41 Å². The standard InChI is InChI=1S/C31H46N2O3/c1-3-4-23-33(2)31(36)14-12-10-8-6-5-7-9-11-13-30(32)29(26-17-21-28(35)22-18-26)24-25-15-19-27(34)20-16-25/h15-22,29,32,34-35H,3-14,23-24H2,1-2H3. The van der Waals surface area contributed by atoms with Crippen LogP contribution in [0.4, 0.5) is 0 Å². The Labute approximate surface area is 218 Å². The van der Waals surface area contributed by atoms with Crippen molar-refractivity contribution < 1.29 is 15.0 Å². The van der Waals surface area contributed by atoms with Crippen LogP contribution in [-0.4, -0.2) is 40.3 Å². The lowest BCUT2D eigenvalue weighted by Gasteiger charge is -2.19. The van der Waals surface area contributed by atoms with E-state index in [-0.39, 0.29) is 23.3 Å². The van der Waals surface area contributed by atoms with Gasteiger partial charge in [0.15, 0.2) is 0 Å².